The highest BCUT2D eigenvalue weighted by atomic mass is 127. The summed E-state index contributed by atoms with van der Waals surface area (Å²) < 4.78 is 8.12. The third-order valence-electron chi connectivity index (χ3n) is 3.59. The fraction of sp³-hybridized carbons (Fsp3) is 0.278. The largest absolute Gasteiger partial charge is 0.508 e. The molecule has 0 atom stereocenters. The van der Waals surface area contributed by atoms with Gasteiger partial charge in [-0.15, -0.1) is 12.4 Å². The van der Waals surface area contributed by atoms with E-state index in [1.807, 2.05) is 19.9 Å². The molecule has 0 bridgehead atoms. The van der Waals surface area contributed by atoms with Gasteiger partial charge in [-0.1, -0.05) is 13.8 Å². The van der Waals surface area contributed by atoms with Gasteiger partial charge in [0.15, 0.2) is 11.7 Å². The molecule has 0 radical (unpaired) electrons. The molecule has 0 saturated carbocycles. The number of benzene rings is 2. The van der Waals surface area contributed by atoms with Crippen molar-refractivity contribution in [3.05, 3.63) is 48.6 Å². The summed E-state index contributed by atoms with van der Waals surface area (Å²) in [5, 5.41) is 9.95. The molecule has 2 rings (SSSR count). The first-order chi connectivity index (χ1) is 11.8. The quantitative estimate of drug-likeness (QED) is 0.253. The van der Waals surface area contributed by atoms with Crippen molar-refractivity contribution >= 4 is 63.5 Å². The monoisotopic (exact) mass is 601 g/mol. The Bertz CT molecular complexity index is 771. The Morgan fingerprint density at radius 3 is 2.31 bits per heavy atom. The molecule has 0 aliphatic heterocycles. The molecule has 2 aromatic rings. The highest BCUT2D eigenvalue weighted by molar-refractivity contribution is 14.1. The van der Waals surface area contributed by atoms with Crippen LogP contribution in [0.5, 0.6) is 17.2 Å². The molecule has 5 nitrogen and oxygen atoms in total. The van der Waals surface area contributed by atoms with Gasteiger partial charge in [-0.3, -0.25) is 4.99 Å². The lowest BCUT2D eigenvalue weighted by Gasteiger charge is -2.14. The Hall–Kier alpha value is -0.940. The molecule has 8 heteroatoms. The van der Waals surface area contributed by atoms with E-state index in [1.165, 1.54) is 0 Å². The van der Waals surface area contributed by atoms with Crippen LogP contribution in [0.4, 0.5) is 0 Å². The van der Waals surface area contributed by atoms with E-state index in [2.05, 4.69) is 62.3 Å². The second-order valence-electron chi connectivity index (χ2n) is 5.92. The van der Waals surface area contributed by atoms with Gasteiger partial charge in [0.2, 0.25) is 0 Å². The molecule has 0 aliphatic carbocycles. The molecular weight excluding hydrogens is 579 g/mol. The van der Waals surface area contributed by atoms with E-state index in [0.717, 1.165) is 30.4 Å². The summed E-state index contributed by atoms with van der Waals surface area (Å²) in [7, 11) is 0. The van der Waals surface area contributed by atoms with Crippen molar-refractivity contribution in [2.45, 2.75) is 26.2 Å². The molecule has 0 aliphatic rings. The molecule has 2 aromatic carbocycles. The molecule has 0 amide bonds. The summed E-state index contributed by atoms with van der Waals surface area (Å²) in [5.41, 5.74) is 12.7. The zero-order chi connectivity index (χ0) is 18.6. The van der Waals surface area contributed by atoms with Crippen molar-refractivity contribution < 1.29 is 9.84 Å². The third kappa shape index (κ3) is 6.34. The van der Waals surface area contributed by atoms with Crippen LogP contribution in [0, 0.1) is 7.14 Å². The van der Waals surface area contributed by atoms with Crippen LogP contribution in [0.1, 0.15) is 30.9 Å². The molecule has 0 fully saturated rings. The number of guanidine groups is 1. The summed E-state index contributed by atoms with van der Waals surface area (Å²) in [5.74, 6) is 2.15. The molecular formula is C18H22ClI2N3O2. The fourth-order valence-electron chi connectivity index (χ4n) is 2.34. The Labute approximate surface area is 187 Å². The van der Waals surface area contributed by atoms with Crippen LogP contribution < -0.4 is 16.2 Å². The number of aromatic hydroxyl groups is 1. The molecule has 26 heavy (non-hydrogen) atoms. The van der Waals surface area contributed by atoms with Crippen LogP contribution in [0.2, 0.25) is 0 Å². The Morgan fingerprint density at radius 2 is 1.77 bits per heavy atom. The van der Waals surface area contributed by atoms with Crippen LogP contribution >= 0.6 is 57.6 Å². The van der Waals surface area contributed by atoms with E-state index in [9.17, 15) is 5.11 Å². The molecule has 0 heterocycles. The minimum Gasteiger partial charge on any atom is -0.508 e. The number of aliphatic imine (C=N–C) groups is 1. The zero-order valence-corrected chi connectivity index (χ0v) is 19.6. The number of halogens is 3. The van der Waals surface area contributed by atoms with Crippen LogP contribution in [0.15, 0.2) is 35.3 Å². The average molecular weight is 602 g/mol. The second-order valence-corrected chi connectivity index (χ2v) is 8.25. The first-order valence-corrected chi connectivity index (χ1v) is 9.97. The molecule has 0 spiro atoms. The topological polar surface area (TPSA) is 93.9 Å². The number of nitrogens with two attached hydrogens (primary N) is 2. The summed E-state index contributed by atoms with van der Waals surface area (Å²) in [6.45, 7) is 4.64. The van der Waals surface area contributed by atoms with Gasteiger partial charge in [0.05, 0.1) is 7.14 Å². The minimum absolute atomic E-state index is 0. The number of hydrogen-bond acceptors (Lipinski definition) is 3. The Kier molecular flexibility index (Phi) is 9.25. The number of nitrogens with zero attached hydrogens (tertiary/aromatic N) is 1. The van der Waals surface area contributed by atoms with Crippen LogP contribution in [-0.2, 0) is 6.42 Å². The van der Waals surface area contributed by atoms with Gasteiger partial charge < -0.3 is 21.3 Å². The molecule has 0 unspecified atom stereocenters. The fourth-order valence-corrected chi connectivity index (χ4v) is 4.46. The van der Waals surface area contributed by atoms with Gasteiger partial charge in [-0.25, -0.2) is 0 Å². The average Bonchev–Trinajstić information content (AvgIpc) is 2.51. The van der Waals surface area contributed by atoms with Crippen LogP contribution in [0.25, 0.3) is 0 Å². The summed E-state index contributed by atoms with van der Waals surface area (Å²) in [4.78, 5) is 4.02. The maximum absolute atomic E-state index is 9.95. The van der Waals surface area contributed by atoms with Gasteiger partial charge in [0.1, 0.15) is 11.5 Å². The first kappa shape index (κ1) is 23.1. The van der Waals surface area contributed by atoms with E-state index >= 15 is 0 Å². The molecule has 142 valence electrons. The lowest BCUT2D eigenvalue weighted by atomic mass is 10.0. The lowest BCUT2D eigenvalue weighted by molar-refractivity contribution is 0.452. The standard InChI is InChI=1S/C18H21I2N3O2.ClH/c1-10(2)13-9-12(3-4-16(13)24)25-17-14(19)7-11(8-15(17)20)5-6-23-18(21)22;/h3-4,7-10,24H,5-6H2,1-2H3,(H4,21,22,23);1H. The Balaban J connectivity index is 0.00000338. The lowest BCUT2D eigenvalue weighted by Crippen LogP contribution is -2.23. The second kappa shape index (κ2) is 10.4. The van der Waals surface area contributed by atoms with Gasteiger partial charge in [-0.2, -0.15) is 0 Å². The summed E-state index contributed by atoms with van der Waals surface area (Å²) >= 11 is 4.54. The van der Waals surface area contributed by atoms with Crippen LogP contribution in [-0.4, -0.2) is 17.6 Å². The van der Waals surface area contributed by atoms with Crippen molar-refractivity contribution in [1.29, 1.82) is 0 Å². The highest BCUT2D eigenvalue weighted by Gasteiger charge is 2.13. The van der Waals surface area contributed by atoms with Crippen molar-refractivity contribution in [3.63, 3.8) is 0 Å². The molecule has 5 N–H and O–H groups in total. The zero-order valence-electron chi connectivity index (χ0n) is 14.5. The number of hydrogen-bond donors (Lipinski definition) is 3. The van der Waals surface area contributed by atoms with Crippen molar-refractivity contribution in [1.82, 2.24) is 0 Å². The maximum atomic E-state index is 9.95. The van der Waals surface area contributed by atoms with Crippen molar-refractivity contribution in [2.75, 3.05) is 6.54 Å². The van der Waals surface area contributed by atoms with Gasteiger partial charge in [0, 0.05) is 12.1 Å². The smallest absolute Gasteiger partial charge is 0.185 e. The van der Waals surface area contributed by atoms with E-state index in [4.69, 9.17) is 16.2 Å². The van der Waals surface area contributed by atoms with E-state index in [1.54, 1.807) is 12.1 Å². The van der Waals surface area contributed by atoms with Gasteiger partial charge in [0.25, 0.3) is 0 Å². The number of phenols is 1. The van der Waals surface area contributed by atoms with Crippen molar-refractivity contribution in [2.24, 2.45) is 16.5 Å². The Morgan fingerprint density at radius 1 is 1.15 bits per heavy atom. The number of phenolic OH excluding ortho intramolecular Hbond substituents is 1. The number of ether oxygens (including phenoxy) is 1. The van der Waals surface area contributed by atoms with E-state index in [0.29, 0.717) is 18.0 Å². The third-order valence-corrected chi connectivity index (χ3v) is 5.20. The maximum Gasteiger partial charge on any atom is 0.185 e. The summed E-state index contributed by atoms with van der Waals surface area (Å²) in [6, 6.07) is 9.49. The van der Waals surface area contributed by atoms with Gasteiger partial charge >= 0.3 is 0 Å². The van der Waals surface area contributed by atoms with Gasteiger partial charge in [-0.05, 0) is 93.4 Å². The van der Waals surface area contributed by atoms with E-state index in [-0.39, 0.29) is 24.3 Å². The van der Waals surface area contributed by atoms with Crippen molar-refractivity contribution in [3.8, 4) is 17.2 Å². The predicted octanol–water partition coefficient (Wildman–Crippen LogP) is 4.75. The molecule has 0 aromatic heterocycles. The number of rotatable bonds is 6. The first-order valence-electron chi connectivity index (χ1n) is 7.82. The summed E-state index contributed by atoms with van der Waals surface area (Å²) in [6.07, 6.45) is 0.765. The van der Waals surface area contributed by atoms with E-state index < -0.39 is 0 Å². The normalized spacial score (nSPS) is 10.3. The predicted molar refractivity (Wildman–Crippen MR) is 126 cm³/mol. The molecule has 0 saturated heterocycles. The minimum atomic E-state index is 0. The highest BCUT2D eigenvalue weighted by Crippen LogP contribution is 2.36. The van der Waals surface area contributed by atoms with Crippen LogP contribution in [0.3, 0.4) is 0 Å². The SMILES string of the molecule is CC(C)c1cc(Oc2c(I)cc(CCN=C(N)N)cc2I)ccc1O.Cl.